The fourth-order valence-electron chi connectivity index (χ4n) is 4.17. The smallest absolute Gasteiger partial charge is 0.351 e. The van der Waals surface area contributed by atoms with Crippen molar-refractivity contribution in [1.29, 1.82) is 0 Å². The highest BCUT2D eigenvalue weighted by Gasteiger charge is 2.49. The number of nitrogens with one attached hydrogen (secondary N) is 1. The van der Waals surface area contributed by atoms with E-state index < -0.39 is 87.4 Å². The van der Waals surface area contributed by atoms with Crippen LogP contribution in [0, 0.1) is 5.82 Å². The van der Waals surface area contributed by atoms with E-state index in [1.165, 1.54) is 6.92 Å². The summed E-state index contributed by atoms with van der Waals surface area (Å²) in [6.07, 6.45) is -9.50. The number of nitrogens with zero attached hydrogens (tertiary/aromatic N) is 5. The first-order valence-electron chi connectivity index (χ1n) is 11.5. The number of hydrogen-bond acceptors (Lipinski definition) is 7. The van der Waals surface area contributed by atoms with Gasteiger partial charge in [-0.2, -0.15) is 30.6 Å². The van der Waals surface area contributed by atoms with Gasteiger partial charge in [0.05, 0.1) is 12.2 Å². The second kappa shape index (κ2) is 10.9. The summed E-state index contributed by atoms with van der Waals surface area (Å²) in [5, 5.41) is 1.48. The molecule has 220 valence electrons. The van der Waals surface area contributed by atoms with Crippen molar-refractivity contribution in [1.82, 2.24) is 29.6 Å². The fraction of sp³-hybridized carbons (Fsp3) is 0.348. The molecule has 9 nitrogen and oxygen atoms in total. The van der Waals surface area contributed by atoms with Gasteiger partial charge in [-0.15, -0.1) is 0 Å². The molecule has 1 fully saturated rings. The van der Waals surface area contributed by atoms with Crippen molar-refractivity contribution < 1.29 is 48.3 Å². The monoisotopic (exact) mass is 610 g/mol. The van der Waals surface area contributed by atoms with Gasteiger partial charge in [0.25, 0.3) is 10.0 Å². The third kappa shape index (κ3) is 6.27. The molecule has 3 aromatic heterocycles. The fourth-order valence-corrected chi connectivity index (χ4v) is 5.90. The van der Waals surface area contributed by atoms with Crippen molar-refractivity contribution in [2.75, 3.05) is 0 Å². The molecule has 0 unspecified atom stereocenters. The molecule has 0 radical (unpaired) electrons. The Labute approximate surface area is 226 Å². The maximum Gasteiger partial charge on any atom is 0.451 e. The molecule has 1 aliphatic rings. The summed E-state index contributed by atoms with van der Waals surface area (Å²) >= 11 is 0. The van der Waals surface area contributed by atoms with E-state index in [1.807, 2.05) is 0 Å². The molecule has 1 saturated heterocycles. The molecule has 1 aliphatic heterocycles. The van der Waals surface area contributed by atoms with Crippen LogP contribution in [-0.4, -0.2) is 56.8 Å². The number of hydrogen-bond donors (Lipinski definition) is 1. The van der Waals surface area contributed by atoms with E-state index in [0.29, 0.717) is 10.5 Å². The number of amides is 1. The first-order chi connectivity index (χ1) is 19.0. The van der Waals surface area contributed by atoms with E-state index in [4.69, 9.17) is 0 Å². The van der Waals surface area contributed by atoms with Gasteiger partial charge in [-0.1, -0.05) is 0 Å². The molecule has 0 saturated carbocycles. The molecule has 18 heteroatoms. The van der Waals surface area contributed by atoms with E-state index >= 15 is 0 Å². The molecule has 0 aromatic carbocycles. The lowest BCUT2D eigenvalue weighted by molar-refractivity contribution is -0.145. The van der Waals surface area contributed by atoms with Crippen molar-refractivity contribution in [3.05, 3.63) is 65.9 Å². The second-order valence-corrected chi connectivity index (χ2v) is 10.7. The molecular formula is C23H18F8N6O3S. The zero-order valence-electron chi connectivity index (χ0n) is 20.6. The minimum atomic E-state index is -5.01. The van der Waals surface area contributed by atoms with Gasteiger partial charge in [0.15, 0.2) is 5.03 Å². The van der Waals surface area contributed by atoms with Crippen LogP contribution in [0.4, 0.5) is 35.1 Å². The van der Waals surface area contributed by atoms with E-state index in [2.05, 4.69) is 25.3 Å². The quantitative estimate of drug-likeness (QED) is 0.421. The van der Waals surface area contributed by atoms with E-state index in [-0.39, 0.29) is 11.1 Å². The molecule has 3 atom stereocenters. The summed E-state index contributed by atoms with van der Waals surface area (Å²) in [5.41, 5.74) is -2.28. The van der Waals surface area contributed by atoms with Crippen molar-refractivity contribution in [3.63, 3.8) is 0 Å². The van der Waals surface area contributed by atoms with Gasteiger partial charge in [0, 0.05) is 48.2 Å². The zero-order chi connectivity index (χ0) is 30.3. The Hall–Kier alpha value is -3.80. The Balaban J connectivity index is 1.61. The van der Waals surface area contributed by atoms with Crippen LogP contribution in [0.15, 0.2) is 48.0 Å². The lowest BCUT2D eigenvalue weighted by atomic mass is 10.1. The molecule has 3 aromatic rings. The summed E-state index contributed by atoms with van der Waals surface area (Å²) in [7, 11) is -4.63. The Morgan fingerprint density at radius 2 is 1.61 bits per heavy atom. The summed E-state index contributed by atoms with van der Waals surface area (Å²) < 4.78 is 134. The van der Waals surface area contributed by atoms with Crippen LogP contribution in [0.25, 0.3) is 11.1 Å². The van der Waals surface area contributed by atoms with Gasteiger partial charge < -0.3 is 5.32 Å². The van der Waals surface area contributed by atoms with Crippen molar-refractivity contribution in [3.8, 4) is 11.1 Å². The van der Waals surface area contributed by atoms with Crippen molar-refractivity contribution >= 4 is 15.9 Å². The van der Waals surface area contributed by atoms with Gasteiger partial charge in [-0.25, -0.2) is 32.2 Å². The molecule has 1 N–H and O–H groups in total. The molecule has 4 heterocycles. The lowest BCUT2D eigenvalue weighted by Gasteiger charge is -2.26. The van der Waals surface area contributed by atoms with Crippen LogP contribution in [0.2, 0.25) is 0 Å². The summed E-state index contributed by atoms with van der Waals surface area (Å²) in [4.78, 5) is 26.1. The predicted molar refractivity (Wildman–Crippen MR) is 123 cm³/mol. The first-order valence-corrected chi connectivity index (χ1v) is 13.0. The predicted octanol–water partition coefficient (Wildman–Crippen LogP) is 3.92. The van der Waals surface area contributed by atoms with Gasteiger partial charge in [0.2, 0.25) is 11.7 Å². The summed E-state index contributed by atoms with van der Waals surface area (Å²) in [6.45, 7) is 0.320. The van der Waals surface area contributed by atoms with E-state index in [0.717, 1.165) is 36.8 Å². The average Bonchev–Trinajstić information content (AvgIpc) is 3.21. The molecular weight excluding hydrogens is 592 g/mol. The number of halogens is 8. The SMILES string of the molecule is C[C@@H]1[C@H](F)C[C@H](C(=O)NCc2cc(-c3cnc(C(F)(F)F)nc3)cnc2C(F)(F)F)N1S(=O)(=O)c1ccc(F)cn1. The normalized spacial score (nSPS) is 20.3. The highest BCUT2D eigenvalue weighted by atomic mass is 32.2. The van der Waals surface area contributed by atoms with Gasteiger partial charge in [-0.05, 0) is 25.1 Å². The highest BCUT2D eigenvalue weighted by Crippen LogP contribution is 2.35. The van der Waals surface area contributed by atoms with Crippen LogP contribution in [0.3, 0.4) is 0 Å². The molecule has 0 spiro atoms. The maximum absolute atomic E-state index is 14.6. The minimum absolute atomic E-state index is 0.110. The number of pyridine rings is 2. The number of rotatable bonds is 6. The van der Waals surface area contributed by atoms with Crippen molar-refractivity contribution in [2.45, 2.75) is 55.5 Å². The van der Waals surface area contributed by atoms with Crippen LogP contribution in [0.1, 0.15) is 30.4 Å². The number of alkyl halides is 7. The topological polar surface area (TPSA) is 118 Å². The number of aromatic nitrogens is 4. The van der Waals surface area contributed by atoms with Crippen LogP contribution < -0.4 is 5.32 Å². The van der Waals surface area contributed by atoms with Gasteiger partial charge >= 0.3 is 12.4 Å². The zero-order valence-corrected chi connectivity index (χ0v) is 21.4. The number of carbonyl (C=O) groups is 1. The van der Waals surface area contributed by atoms with Crippen LogP contribution in [0.5, 0.6) is 0 Å². The molecule has 41 heavy (non-hydrogen) atoms. The number of sulfonamides is 1. The molecule has 1 amide bonds. The lowest BCUT2D eigenvalue weighted by Crippen LogP contribution is -2.48. The summed E-state index contributed by atoms with van der Waals surface area (Å²) in [6, 6.07) is -0.545. The summed E-state index contributed by atoms with van der Waals surface area (Å²) in [5.74, 6) is -3.46. The van der Waals surface area contributed by atoms with E-state index in [1.54, 1.807) is 0 Å². The molecule has 0 bridgehead atoms. The average molecular weight is 610 g/mol. The second-order valence-electron chi connectivity index (χ2n) is 8.90. The van der Waals surface area contributed by atoms with Crippen LogP contribution >= 0.6 is 0 Å². The Bertz CT molecular complexity index is 1530. The highest BCUT2D eigenvalue weighted by molar-refractivity contribution is 7.89. The Morgan fingerprint density at radius 1 is 0.976 bits per heavy atom. The number of carbonyl (C=O) groups excluding carboxylic acids is 1. The Kier molecular flexibility index (Phi) is 8.01. The van der Waals surface area contributed by atoms with Gasteiger partial charge in [0.1, 0.15) is 23.7 Å². The minimum Gasteiger partial charge on any atom is -0.351 e. The third-order valence-electron chi connectivity index (χ3n) is 6.15. The first kappa shape index (κ1) is 30.2. The maximum atomic E-state index is 14.6. The van der Waals surface area contributed by atoms with E-state index in [9.17, 15) is 48.3 Å². The molecule has 4 rings (SSSR count). The van der Waals surface area contributed by atoms with Gasteiger partial charge in [-0.3, -0.25) is 9.78 Å². The molecule has 0 aliphatic carbocycles. The third-order valence-corrected chi connectivity index (χ3v) is 8.06. The van der Waals surface area contributed by atoms with Crippen LogP contribution in [-0.2, 0) is 33.7 Å². The standard InChI is InChI=1S/C23H18F8N6O3S/c1-11-16(25)5-17(37(11)41(39,40)18-3-2-15(24)10-32-18)20(38)34-7-13-4-12(6-33-19(13)22(26,27)28)14-8-35-21(36-9-14)23(29,30)31/h2-4,6,8-11,16-17H,5,7H2,1H3,(H,34,38)/t11-,16-,17-/m1/s1. The Morgan fingerprint density at radius 3 is 2.17 bits per heavy atom. The van der Waals surface area contributed by atoms with Crippen molar-refractivity contribution in [2.24, 2.45) is 0 Å². The largest absolute Gasteiger partial charge is 0.451 e.